The highest BCUT2D eigenvalue weighted by molar-refractivity contribution is 7.15. The van der Waals surface area contributed by atoms with Crippen molar-refractivity contribution in [1.29, 1.82) is 0 Å². The van der Waals surface area contributed by atoms with Gasteiger partial charge in [-0.1, -0.05) is 37.3 Å². The lowest BCUT2D eigenvalue weighted by Crippen LogP contribution is -2.47. The predicted octanol–water partition coefficient (Wildman–Crippen LogP) is 2.23. The minimum absolute atomic E-state index is 0.113. The van der Waals surface area contributed by atoms with Crippen LogP contribution >= 0.6 is 11.3 Å². The fourth-order valence-corrected chi connectivity index (χ4v) is 3.87. The number of nitrogens with one attached hydrogen (secondary N) is 1. The van der Waals surface area contributed by atoms with Crippen LogP contribution in [0.4, 0.5) is 0 Å². The van der Waals surface area contributed by atoms with Gasteiger partial charge in [-0.3, -0.25) is 18.8 Å². The molecule has 7 nitrogen and oxygen atoms in total. The van der Waals surface area contributed by atoms with E-state index in [1.54, 1.807) is 49.6 Å². The summed E-state index contributed by atoms with van der Waals surface area (Å²) in [7, 11) is 0. The smallest absolute Gasteiger partial charge is 0.315 e. The van der Waals surface area contributed by atoms with Crippen LogP contribution in [0.2, 0.25) is 0 Å². The van der Waals surface area contributed by atoms with E-state index in [1.807, 2.05) is 0 Å². The largest absolute Gasteiger partial charge is 0.481 e. The fourth-order valence-electron chi connectivity index (χ4n) is 3.05. The molecule has 2 aromatic heterocycles. The van der Waals surface area contributed by atoms with E-state index in [0.717, 1.165) is 0 Å². The molecule has 0 spiro atoms. The van der Waals surface area contributed by atoms with E-state index < -0.39 is 22.9 Å². The second-order valence-corrected chi connectivity index (χ2v) is 7.10. The number of aliphatic carboxylic acids is 1. The summed E-state index contributed by atoms with van der Waals surface area (Å²) >= 11 is 1.31. The van der Waals surface area contributed by atoms with Gasteiger partial charge in [0.1, 0.15) is 11.0 Å². The van der Waals surface area contributed by atoms with Crippen LogP contribution < -0.4 is 10.9 Å². The molecule has 0 radical (unpaired) electrons. The number of rotatable bonds is 6. The lowest BCUT2D eigenvalue weighted by molar-refractivity contribution is -0.143. The van der Waals surface area contributed by atoms with Gasteiger partial charge in [0.15, 0.2) is 4.96 Å². The highest BCUT2D eigenvalue weighted by atomic mass is 32.1. The maximum atomic E-state index is 12.6. The average Bonchev–Trinajstić information content (AvgIpc) is 3.05. The summed E-state index contributed by atoms with van der Waals surface area (Å²) in [5.41, 5.74) is -0.562. The zero-order chi connectivity index (χ0) is 19.6. The van der Waals surface area contributed by atoms with Crippen molar-refractivity contribution in [1.82, 2.24) is 14.7 Å². The molecule has 0 aliphatic heterocycles. The minimum atomic E-state index is -1.27. The summed E-state index contributed by atoms with van der Waals surface area (Å²) in [5.74, 6) is -1.67. The van der Waals surface area contributed by atoms with Crippen LogP contribution in [0.3, 0.4) is 0 Å². The lowest BCUT2D eigenvalue weighted by atomic mass is 9.78. The average molecular weight is 385 g/mol. The Morgan fingerprint density at radius 3 is 2.63 bits per heavy atom. The first-order chi connectivity index (χ1) is 12.9. The van der Waals surface area contributed by atoms with Crippen LogP contribution in [0, 0.1) is 6.92 Å². The standard InChI is InChI=1S/C19H19N3O4S/c1-3-19(17(25)26,13-7-5-4-6-8-13)11-21-15(23)14-9-20-18-22(16(14)24)12(2)10-27-18/h4-10H,3,11H2,1-2H3,(H,21,23)(H,25,26). The Labute approximate surface area is 159 Å². The van der Waals surface area contributed by atoms with Gasteiger partial charge in [-0.15, -0.1) is 11.3 Å². The van der Waals surface area contributed by atoms with Gasteiger partial charge in [0.25, 0.3) is 11.5 Å². The summed E-state index contributed by atoms with van der Waals surface area (Å²) in [4.78, 5) is 41.9. The quantitative estimate of drug-likeness (QED) is 0.678. The van der Waals surface area contributed by atoms with Gasteiger partial charge < -0.3 is 10.4 Å². The topological polar surface area (TPSA) is 101 Å². The number of aryl methyl sites for hydroxylation is 1. The SMILES string of the molecule is CCC(CNC(=O)c1cnc2scc(C)n2c1=O)(C(=O)O)c1ccccc1. The predicted molar refractivity (Wildman–Crippen MR) is 102 cm³/mol. The van der Waals surface area contributed by atoms with Gasteiger partial charge in [0.2, 0.25) is 0 Å². The first-order valence-electron chi connectivity index (χ1n) is 8.43. The summed E-state index contributed by atoms with van der Waals surface area (Å²) in [5, 5.41) is 14.2. The molecule has 0 fully saturated rings. The van der Waals surface area contributed by atoms with Gasteiger partial charge in [0, 0.05) is 23.8 Å². The lowest BCUT2D eigenvalue weighted by Gasteiger charge is -2.29. The van der Waals surface area contributed by atoms with E-state index in [9.17, 15) is 19.5 Å². The molecule has 0 aliphatic carbocycles. The second-order valence-electron chi connectivity index (χ2n) is 6.26. The molecule has 27 heavy (non-hydrogen) atoms. The van der Waals surface area contributed by atoms with Crippen molar-refractivity contribution in [3.8, 4) is 0 Å². The van der Waals surface area contributed by atoms with E-state index in [4.69, 9.17) is 0 Å². The Balaban J connectivity index is 1.91. The number of fused-ring (bicyclic) bond motifs is 1. The number of amides is 1. The van der Waals surface area contributed by atoms with Crippen LogP contribution in [-0.2, 0) is 10.2 Å². The van der Waals surface area contributed by atoms with Crippen molar-refractivity contribution in [2.75, 3.05) is 6.54 Å². The van der Waals surface area contributed by atoms with Crippen molar-refractivity contribution in [3.05, 3.63) is 69.1 Å². The zero-order valence-corrected chi connectivity index (χ0v) is 15.7. The van der Waals surface area contributed by atoms with Crippen molar-refractivity contribution in [2.45, 2.75) is 25.7 Å². The Morgan fingerprint density at radius 2 is 2.00 bits per heavy atom. The Hall–Kier alpha value is -3.00. The van der Waals surface area contributed by atoms with Gasteiger partial charge >= 0.3 is 5.97 Å². The second kappa shape index (κ2) is 7.32. The number of nitrogens with zero attached hydrogens (tertiary/aromatic N) is 2. The Bertz CT molecular complexity index is 1060. The fraction of sp³-hybridized carbons (Fsp3) is 0.263. The van der Waals surface area contributed by atoms with Crippen LogP contribution in [0.25, 0.3) is 4.96 Å². The number of thiazole rings is 1. The number of carbonyl (C=O) groups is 2. The summed E-state index contributed by atoms with van der Waals surface area (Å²) in [6.07, 6.45) is 1.52. The van der Waals surface area contributed by atoms with E-state index in [0.29, 0.717) is 16.2 Å². The van der Waals surface area contributed by atoms with Crippen molar-refractivity contribution < 1.29 is 14.7 Å². The van der Waals surface area contributed by atoms with Crippen LogP contribution in [0.5, 0.6) is 0 Å². The Morgan fingerprint density at radius 1 is 1.30 bits per heavy atom. The molecule has 1 unspecified atom stereocenters. The first kappa shape index (κ1) is 18.8. The van der Waals surface area contributed by atoms with Crippen LogP contribution in [0.15, 0.2) is 46.7 Å². The van der Waals surface area contributed by atoms with Gasteiger partial charge in [-0.2, -0.15) is 0 Å². The van der Waals surface area contributed by atoms with Crippen molar-refractivity contribution >= 4 is 28.2 Å². The molecule has 3 aromatic rings. The number of hydrogen-bond acceptors (Lipinski definition) is 5. The van der Waals surface area contributed by atoms with Crippen molar-refractivity contribution in [3.63, 3.8) is 0 Å². The summed E-state index contributed by atoms with van der Waals surface area (Å²) < 4.78 is 1.38. The third-order valence-electron chi connectivity index (χ3n) is 4.75. The van der Waals surface area contributed by atoms with E-state index in [2.05, 4.69) is 10.3 Å². The highest BCUT2D eigenvalue weighted by Crippen LogP contribution is 2.28. The van der Waals surface area contributed by atoms with E-state index in [1.165, 1.54) is 21.9 Å². The minimum Gasteiger partial charge on any atom is -0.481 e. The molecule has 0 aliphatic rings. The number of hydrogen-bond donors (Lipinski definition) is 2. The number of carbonyl (C=O) groups excluding carboxylic acids is 1. The highest BCUT2D eigenvalue weighted by Gasteiger charge is 2.39. The number of aromatic nitrogens is 2. The van der Waals surface area contributed by atoms with E-state index in [-0.39, 0.29) is 18.5 Å². The molecule has 1 aromatic carbocycles. The number of benzene rings is 1. The maximum absolute atomic E-state index is 12.6. The van der Waals surface area contributed by atoms with Crippen LogP contribution in [0.1, 0.15) is 35.0 Å². The van der Waals surface area contributed by atoms with Crippen LogP contribution in [-0.4, -0.2) is 32.9 Å². The molecule has 3 rings (SSSR count). The molecule has 0 saturated heterocycles. The molecule has 2 N–H and O–H groups in total. The van der Waals surface area contributed by atoms with Gasteiger partial charge in [-0.25, -0.2) is 4.98 Å². The van der Waals surface area contributed by atoms with Crippen molar-refractivity contribution in [2.24, 2.45) is 0 Å². The zero-order valence-electron chi connectivity index (χ0n) is 14.9. The molecule has 8 heteroatoms. The summed E-state index contributed by atoms with van der Waals surface area (Å²) in [6.45, 7) is 3.38. The monoisotopic (exact) mass is 385 g/mol. The first-order valence-corrected chi connectivity index (χ1v) is 9.31. The van der Waals surface area contributed by atoms with Gasteiger partial charge in [0.05, 0.1) is 0 Å². The molecular formula is C19H19N3O4S. The number of carboxylic acids is 1. The van der Waals surface area contributed by atoms with E-state index >= 15 is 0 Å². The third kappa shape index (κ3) is 3.23. The number of carboxylic acid groups (broad SMARTS) is 1. The molecule has 1 atom stereocenters. The molecule has 0 bridgehead atoms. The summed E-state index contributed by atoms with van der Waals surface area (Å²) in [6, 6.07) is 8.76. The molecule has 1 amide bonds. The molecule has 2 heterocycles. The third-order valence-corrected chi connectivity index (χ3v) is 5.71. The Kier molecular flexibility index (Phi) is 5.09. The maximum Gasteiger partial charge on any atom is 0.315 e. The normalized spacial score (nSPS) is 13.3. The van der Waals surface area contributed by atoms with Gasteiger partial charge in [-0.05, 0) is 18.9 Å². The molecule has 140 valence electrons. The molecular weight excluding hydrogens is 366 g/mol. The molecule has 0 saturated carbocycles.